The van der Waals surface area contributed by atoms with E-state index in [1.165, 1.54) is 7.05 Å². The molecule has 2 aromatic heterocycles. The second-order valence-electron chi connectivity index (χ2n) is 7.40. The highest BCUT2D eigenvalue weighted by molar-refractivity contribution is 6.03. The van der Waals surface area contributed by atoms with Gasteiger partial charge in [0.25, 0.3) is 11.1 Å². The summed E-state index contributed by atoms with van der Waals surface area (Å²) in [5.74, 6) is -0.423. The van der Waals surface area contributed by atoms with Crippen LogP contribution in [0.1, 0.15) is 28.5 Å². The van der Waals surface area contributed by atoms with Crippen molar-refractivity contribution < 1.29 is 9.53 Å². The van der Waals surface area contributed by atoms with E-state index in [9.17, 15) is 19.2 Å². The maximum Gasteiger partial charge on any atom is 0.338 e. The van der Waals surface area contributed by atoms with Gasteiger partial charge in [-0.25, -0.2) is 14.6 Å². The topological polar surface area (TPSA) is 139 Å². The number of benzene rings is 2. The summed E-state index contributed by atoms with van der Waals surface area (Å²) in [7, 11) is 1.43. The minimum atomic E-state index is -0.691. The summed E-state index contributed by atoms with van der Waals surface area (Å²) in [5.41, 5.74) is 0.429. The van der Waals surface area contributed by atoms with Crippen molar-refractivity contribution in [2.24, 2.45) is 12.0 Å². The molecular formula is C24H21N5O5. The SMILES string of the molecule is CCOC(=O)c1ccc(N=C(Cc2nc3c(=O)[nH]c(=O)n(C)c3[nH]c2=O)c2ccccc2)cc1. The first-order chi connectivity index (χ1) is 16.4. The van der Waals surface area contributed by atoms with Gasteiger partial charge in [0.15, 0.2) is 5.52 Å². The first-order valence-electron chi connectivity index (χ1n) is 10.5. The highest BCUT2D eigenvalue weighted by Gasteiger charge is 2.15. The van der Waals surface area contributed by atoms with Crippen molar-refractivity contribution in [1.82, 2.24) is 19.5 Å². The lowest BCUT2D eigenvalue weighted by Crippen LogP contribution is -2.32. The first kappa shape index (κ1) is 22.6. The molecular weight excluding hydrogens is 438 g/mol. The van der Waals surface area contributed by atoms with Gasteiger partial charge in [0.05, 0.1) is 23.6 Å². The van der Waals surface area contributed by atoms with Gasteiger partial charge >= 0.3 is 11.7 Å². The molecule has 0 bridgehead atoms. The Hall–Kier alpha value is -4.60. The molecule has 10 nitrogen and oxygen atoms in total. The number of hydrogen-bond donors (Lipinski definition) is 2. The van der Waals surface area contributed by atoms with Gasteiger partial charge < -0.3 is 9.72 Å². The summed E-state index contributed by atoms with van der Waals surface area (Å²) < 4.78 is 6.12. The fourth-order valence-corrected chi connectivity index (χ4v) is 3.38. The maximum atomic E-state index is 12.8. The van der Waals surface area contributed by atoms with E-state index in [0.717, 1.165) is 10.1 Å². The summed E-state index contributed by atoms with van der Waals surface area (Å²) in [4.78, 5) is 62.4. The van der Waals surface area contributed by atoms with Gasteiger partial charge in [-0.1, -0.05) is 30.3 Å². The summed E-state index contributed by atoms with van der Waals surface area (Å²) in [5, 5.41) is 0. The lowest BCUT2D eigenvalue weighted by Gasteiger charge is -2.09. The van der Waals surface area contributed by atoms with Crippen LogP contribution in [0, 0.1) is 0 Å². The van der Waals surface area contributed by atoms with Gasteiger partial charge in [-0.3, -0.25) is 24.1 Å². The zero-order valence-electron chi connectivity index (χ0n) is 18.5. The summed E-state index contributed by atoms with van der Waals surface area (Å²) >= 11 is 0. The van der Waals surface area contributed by atoms with Gasteiger partial charge in [0, 0.05) is 13.5 Å². The summed E-state index contributed by atoms with van der Waals surface area (Å²) in [6.45, 7) is 2.01. The number of aryl methyl sites for hydroxylation is 1. The molecule has 0 atom stereocenters. The zero-order valence-corrected chi connectivity index (χ0v) is 18.5. The van der Waals surface area contributed by atoms with Crippen molar-refractivity contribution in [2.75, 3.05) is 6.61 Å². The minimum absolute atomic E-state index is 0.0250. The Balaban J connectivity index is 1.78. The molecule has 34 heavy (non-hydrogen) atoms. The molecule has 0 aliphatic rings. The van der Waals surface area contributed by atoms with E-state index in [-0.39, 0.29) is 29.9 Å². The molecule has 4 rings (SSSR count). The lowest BCUT2D eigenvalue weighted by molar-refractivity contribution is 0.0526. The van der Waals surface area contributed by atoms with E-state index in [1.54, 1.807) is 31.2 Å². The average molecular weight is 459 g/mol. The molecule has 10 heteroatoms. The first-order valence-corrected chi connectivity index (χ1v) is 10.5. The third kappa shape index (κ3) is 4.60. The van der Waals surface area contributed by atoms with Crippen LogP contribution < -0.4 is 16.8 Å². The van der Waals surface area contributed by atoms with Crippen LogP contribution >= 0.6 is 0 Å². The monoisotopic (exact) mass is 459 g/mol. The zero-order chi connectivity index (χ0) is 24.2. The van der Waals surface area contributed by atoms with Crippen molar-refractivity contribution in [3.05, 3.63) is 103 Å². The second-order valence-corrected chi connectivity index (χ2v) is 7.40. The van der Waals surface area contributed by atoms with E-state index in [4.69, 9.17) is 4.74 Å². The molecule has 172 valence electrons. The Labute approximate surface area is 192 Å². The summed E-state index contributed by atoms with van der Waals surface area (Å²) in [6.07, 6.45) is 0.0250. The number of aromatic nitrogens is 4. The standard InChI is InChI=1S/C24H21N5O5/c1-3-34-23(32)15-9-11-16(12-10-15)25-17(14-7-5-4-6-8-14)13-18-21(30)27-20-19(26-18)22(31)28-24(33)29(20)2/h4-12H,3,13H2,1-2H3,(H,27,30)(H,28,31,33). The van der Waals surface area contributed by atoms with Crippen molar-refractivity contribution in [3.8, 4) is 0 Å². The normalized spacial score (nSPS) is 11.5. The number of H-pyrrole nitrogens is 2. The van der Waals surface area contributed by atoms with Gasteiger partial charge in [0.1, 0.15) is 11.3 Å². The van der Waals surface area contributed by atoms with Crippen LogP contribution in [0.5, 0.6) is 0 Å². The van der Waals surface area contributed by atoms with Crippen molar-refractivity contribution in [1.29, 1.82) is 0 Å². The van der Waals surface area contributed by atoms with Crippen molar-refractivity contribution in [2.45, 2.75) is 13.3 Å². The highest BCUT2D eigenvalue weighted by atomic mass is 16.5. The molecule has 0 aliphatic heterocycles. The van der Waals surface area contributed by atoms with Gasteiger partial charge in [0.2, 0.25) is 0 Å². The molecule has 0 amide bonds. The smallest absolute Gasteiger partial charge is 0.338 e. The fourth-order valence-electron chi connectivity index (χ4n) is 3.38. The molecule has 4 aromatic rings. The molecule has 2 aromatic carbocycles. The molecule has 0 radical (unpaired) electrons. The molecule has 2 N–H and O–H groups in total. The van der Waals surface area contributed by atoms with Crippen LogP contribution in [0.15, 0.2) is 74.0 Å². The van der Waals surface area contributed by atoms with E-state index in [1.807, 2.05) is 30.3 Å². The maximum absolute atomic E-state index is 12.8. The predicted octanol–water partition coefficient (Wildman–Crippen LogP) is 1.85. The number of carbonyl (C=O) groups excluding carboxylic acids is 1. The number of hydrogen-bond acceptors (Lipinski definition) is 7. The molecule has 0 saturated heterocycles. The minimum Gasteiger partial charge on any atom is -0.462 e. The van der Waals surface area contributed by atoms with E-state index >= 15 is 0 Å². The molecule has 0 unspecified atom stereocenters. The van der Waals surface area contributed by atoms with Crippen LogP contribution in [0.25, 0.3) is 11.2 Å². The van der Waals surface area contributed by atoms with Crippen LogP contribution in [0.4, 0.5) is 5.69 Å². The van der Waals surface area contributed by atoms with E-state index < -0.39 is 22.8 Å². The van der Waals surface area contributed by atoms with Gasteiger partial charge in [-0.2, -0.15) is 0 Å². The predicted molar refractivity (Wildman–Crippen MR) is 127 cm³/mol. The Morgan fingerprint density at radius 3 is 2.35 bits per heavy atom. The van der Waals surface area contributed by atoms with Crippen LogP contribution in [0.2, 0.25) is 0 Å². The van der Waals surface area contributed by atoms with Crippen LogP contribution in [0.3, 0.4) is 0 Å². The van der Waals surface area contributed by atoms with Crippen LogP contribution in [-0.2, 0) is 18.2 Å². The van der Waals surface area contributed by atoms with E-state index in [2.05, 4.69) is 19.9 Å². The lowest BCUT2D eigenvalue weighted by atomic mass is 10.1. The number of rotatable bonds is 6. The molecule has 0 aliphatic carbocycles. The van der Waals surface area contributed by atoms with Crippen LogP contribution in [-0.4, -0.2) is 37.8 Å². The van der Waals surface area contributed by atoms with E-state index in [0.29, 0.717) is 17.0 Å². The fraction of sp³-hybridized carbons (Fsp3) is 0.167. The van der Waals surface area contributed by atoms with Crippen molar-refractivity contribution in [3.63, 3.8) is 0 Å². The molecule has 0 fully saturated rings. The Morgan fingerprint density at radius 2 is 1.68 bits per heavy atom. The highest BCUT2D eigenvalue weighted by Crippen LogP contribution is 2.17. The second kappa shape index (κ2) is 9.49. The van der Waals surface area contributed by atoms with Crippen molar-refractivity contribution >= 4 is 28.5 Å². The molecule has 0 spiro atoms. The average Bonchev–Trinajstić information content (AvgIpc) is 2.84. The number of ether oxygens (including phenoxy) is 1. The number of aromatic amines is 2. The number of nitrogens with zero attached hydrogens (tertiary/aromatic N) is 3. The largest absolute Gasteiger partial charge is 0.462 e. The number of esters is 1. The number of carbonyl (C=O) groups is 1. The van der Waals surface area contributed by atoms with Gasteiger partial charge in [-0.05, 0) is 36.8 Å². The third-order valence-corrected chi connectivity index (χ3v) is 5.13. The Bertz CT molecular complexity index is 1560. The summed E-state index contributed by atoms with van der Waals surface area (Å²) in [6, 6.07) is 15.8. The Kier molecular flexibility index (Phi) is 6.30. The molecule has 0 saturated carbocycles. The quantitative estimate of drug-likeness (QED) is 0.333. The number of fused-ring (bicyclic) bond motifs is 1. The number of nitrogens with one attached hydrogen (secondary N) is 2. The Morgan fingerprint density at radius 1 is 0.971 bits per heavy atom. The molecule has 2 heterocycles. The van der Waals surface area contributed by atoms with Gasteiger partial charge in [-0.15, -0.1) is 0 Å². The third-order valence-electron chi connectivity index (χ3n) is 5.13. The number of aliphatic imine (C=N–C) groups is 1.